The van der Waals surface area contributed by atoms with Crippen molar-refractivity contribution in [1.82, 2.24) is 29.5 Å². The van der Waals surface area contributed by atoms with Crippen LogP contribution in [0.2, 0.25) is 0 Å². The Morgan fingerprint density at radius 2 is 1.97 bits per heavy atom. The van der Waals surface area contributed by atoms with E-state index in [4.69, 9.17) is 0 Å². The summed E-state index contributed by atoms with van der Waals surface area (Å²) in [6, 6.07) is 7.12. The Hall–Kier alpha value is -4.53. The summed E-state index contributed by atoms with van der Waals surface area (Å²) < 4.78 is 18.5. The summed E-state index contributed by atoms with van der Waals surface area (Å²) in [6.07, 6.45) is 8.38. The highest BCUT2D eigenvalue weighted by Crippen LogP contribution is 2.40. The van der Waals surface area contributed by atoms with Gasteiger partial charge in [-0.2, -0.15) is 10.2 Å². The van der Waals surface area contributed by atoms with E-state index in [9.17, 15) is 4.79 Å². The summed E-state index contributed by atoms with van der Waals surface area (Å²) >= 11 is 0. The molecule has 1 aromatic carbocycles. The molecule has 170 valence electrons. The molecular weight excluding hydrogens is 433 g/mol. The van der Waals surface area contributed by atoms with Gasteiger partial charge in [-0.15, -0.1) is 0 Å². The second-order valence-electron chi connectivity index (χ2n) is 8.10. The summed E-state index contributed by atoms with van der Waals surface area (Å²) in [5, 5.41) is 12.3. The molecule has 0 atom stereocenters. The number of fused-ring (bicyclic) bond motifs is 1. The fourth-order valence-electron chi connectivity index (χ4n) is 3.98. The molecule has 0 saturated carbocycles. The zero-order chi connectivity index (χ0) is 24.0. The van der Waals surface area contributed by atoms with Gasteiger partial charge in [-0.1, -0.05) is 6.58 Å². The Morgan fingerprint density at radius 3 is 2.65 bits per heavy atom. The zero-order valence-electron chi connectivity index (χ0n) is 18.9. The number of amides is 1. The van der Waals surface area contributed by atoms with Gasteiger partial charge in [-0.3, -0.25) is 14.2 Å². The summed E-state index contributed by atoms with van der Waals surface area (Å²) in [7, 11) is 3.68. The van der Waals surface area contributed by atoms with Crippen molar-refractivity contribution in [2.45, 2.75) is 6.92 Å². The maximum Gasteiger partial charge on any atom is 0.247 e. The number of rotatable bonds is 5. The number of hydrogen-bond donors (Lipinski definition) is 2. The second kappa shape index (κ2) is 8.11. The highest BCUT2D eigenvalue weighted by Gasteiger charge is 2.20. The number of aryl methyl sites for hydroxylation is 2. The lowest BCUT2D eigenvalue weighted by Crippen LogP contribution is -2.09. The van der Waals surface area contributed by atoms with E-state index in [1.54, 1.807) is 34.7 Å². The molecule has 34 heavy (non-hydrogen) atoms. The van der Waals surface area contributed by atoms with Gasteiger partial charge in [0.1, 0.15) is 11.5 Å². The number of nitrogens with zero attached hydrogens (tertiary/aromatic N) is 5. The minimum Gasteiger partial charge on any atom is -0.339 e. The van der Waals surface area contributed by atoms with Crippen molar-refractivity contribution < 1.29 is 9.18 Å². The number of anilines is 1. The van der Waals surface area contributed by atoms with Crippen molar-refractivity contribution in [2.75, 3.05) is 5.32 Å². The van der Waals surface area contributed by atoms with Crippen molar-refractivity contribution in [3.05, 3.63) is 73.1 Å². The third kappa shape index (κ3) is 3.66. The van der Waals surface area contributed by atoms with E-state index < -0.39 is 11.7 Å². The topological polar surface area (TPSA) is 93.4 Å². The Balaban J connectivity index is 1.78. The van der Waals surface area contributed by atoms with E-state index in [2.05, 4.69) is 32.1 Å². The average Bonchev–Trinajstić information content (AvgIpc) is 3.54. The molecular formula is C25H22FN7O. The number of H-pyrrole nitrogens is 1. The number of nitrogens with one attached hydrogen (secondary N) is 2. The number of hydrogen-bond acceptors (Lipinski definition) is 4. The van der Waals surface area contributed by atoms with Crippen LogP contribution in [0.3, 0.4) is 0 Å². The predicted octanol–water partition coefficient (Wildman–Crippen LogP) is 4.60. The molecule has 5 rings (SSSR count). The number of halogens is 1. The molecule has 0 fully saturated rings. The molecule has 1 amide bonds. The van der Waals surface area contributed by atoms with Gasteiger partial charge >= 0.3 is 0 Å². The number of carbonyl (C=O) groups is 1. The maximum absolute atomic E-state index is 15.0. The van der Waals surface area contributed by atoms with E-state index in [1.807, 2.05) is 38.6 Å². The molecule has 0 bridgehead atoms. The van der Waals surface area contributed by atoms with E-state index in [0.717, 1.165) is 39.5 Å². The van der Waals surface area contributed by atoms with Crippen LogP contribution in [-0.2, 0) is 18.9 Å². The number of carbonyl (C=O) groups excluding carboxylic acids is 1. The molecule has 8 nitrogen and oxygen atoms in total. The van der Waals surface area contributed by atoms with Crippen LogP contribution < -0.4 is 5.32 Å². The molecule has 4 heterocycles. The van der Waals surface area contributed by atoms with E-state index in [0.29, 0.717) is 22.5 Å². The molecule has 0 aliphatic rings. The monoisotopic (exact) mass is 455 g/mol. The van der Waals surface area contributed by atoms with Gasteiger partial charge in [0.05, 0.1) is 17.6 Å². The summed E-state index contributed by atoms with van der Waals surface area (Å²) in [5.41, 5.74) is 5.89. The van der Waals surface area contributed by atoms with Crippen LogP contribution in [0, 0.1) is 12.7 Å². The van der Waals surface area contributed by atoms with Crippen LogP contribution in [0.25, 0.3) is 44.7 Å². The number of benzene rings is 1. The van der Waals surface area contributed by atoms with Gasteiger partial charge in [-0.05, 0) is 42.8 Å². The predicted molar refractivity (Wildman–Crippen MR) is 129 cm³/mol. The van der Waals surface area contributed by atoms with Gasteiger partial charge < -0.3 is 10.3 Å². The van der Waals surface area contributed by atoms with Crippen LogP contribution >= 0.6 is 0 Å². The van der Waals surface area contributed by atoms with Gasteiger partial charge in [-0.25, -0.2) is 9.37 Å². The smallest absolute Gasteiger partial charge is 0.247 e. The van der Waals surface area contributed by atoms with Gasteiger partial charge in [0.15, 0.2) is 0 Å². The first kappa shape index (κ1) is 21.3. The number of aromatic nitrogens is 6. The minimum atomic E-state index is -0.433. The van der Waals surface area contributed by atoms with Crippen LogP contribution in [0.4, 0.5) is 10.1 Å². The van der Waals surface area contributed by atoms with E-state index >= 15 is 4.39 Å². The summed E-state index contributed by atoms with van der Waals surface area (Å²) in [6.45, 7) is 5.10. The van der Waals surface area contributed by atoms with Crippen LogP contribution in [0.1, 0.15) is 5.56 Å². The Bertz CT molecular complexity index is 1570. The van der Waals surface area contributed by atoms with E-state index in [-0.39, 0.29) is 0 Å². The Kier molecular flexibility index (Phi) is 5.09. The molecule has 0 saturated heterocycles. The fourth-order valence-corrected chi connectivity index (χ4v) is 3.98. The molecule has 2 N–H and O–H groups in total. The minimum absolute atomic E-state index is 0.342. The normalized spacial score (nSPS) is 11.2. The Morgan fingerprint density at radius 1 is 1.15 bits per heavy atom. The third-order valence-electron chi connectivity index (χ3n) is 5.73. The van der Waals surface area contributed by atoms with Crippen LogP contribution in [0.5, 0.6) is 0 Å². The molecule has 9 heteroatoms. The largest absolute Gasteiger partial charge is 0.339 e. The Labute approximate surface area is 194 Å². The van der Waals surface area contributed by atoms with Gasteiger partial charge in [0.25, 0.3) is 0 Å². The average molecular weight is 455 g/mol. The molecule has 0 aliphatic carbocycles. The van der Waals surface area contributed by atoms with Crippen molar-refractivity contribution in [3.8, 4) is 33.6 Å². The first-order valence-electron chi connectivity index (χ1n) is 10.6. The van der Waals surface area contributed by atoms with Crippen molar-refractivity contribution >= 4 is 22.6 Å². The number of pyridine rings is 1. The number of aromatic amines is 1. The molecule has 0 aliphatic heterocycles. The molecule has 0 spiro atoms. The lowest BCUT2D eigenvalue weighted by atomic mass is 9.97. The molecule has 4 aromatic heterocycles. The van der Waals surface area contributed by atoms with Crippen molar-refractivity contribution in [1.29, 1.82) is 0 Å². The molecule has 0 unspecified atom stereocenters. The van der Waals surface area contributed by atoms with Crippen LogP contribution in [0.15, 0.2) is 61.7 Å². The first-order chi connectivity index (χ1) is 16.3. The van der Waals surface area contributed by atoms with Crippen molar-refractivity contribution in [3.63, 3.8) is 0 Å². The first-order valence-corrected chi connectivity index (χ1v) is 10.6. The fraction of sp³-hybridized carbons (Fsp3) is 0.120. The summed E-state index contributed by atoms with van der Waals surface area (Å²) in [4.78, 5) is 19.9. The quantitative estimate of drug-likeness (QED) is 0.379. The molecule has 0 radical (unpaired) electrons. The lowest BCUT2D eigenvalue weighted by Gasteiger charge is -2.12. The highest BCUT2D eigenvalue weighted by atomic mass is 19.1. The van der Waals surface area contributed by atoms with Crippen molar-refractivity contribution in [2.24, 2.45) is 14.1 Å². The second-order valence-corrected chi connectivity index (χ2v) is 8.10. The maximum atomic E-state index is 15.0. The zero-order valence-corrected chi connectivity index (χ0v) is 18.9. The van der Waals surface area contributed by atoms with E-state index in [1.165, 1.54) is 6.07 Å². The van der Waals surface area contributed by atoms with Gasteiger partial charge in [0, 0.05) is 66.0 Å². The summed E-state index contributed by atoms with van der Waals surface area (Å²) in [5.74, 6) is -0.845. The van der Waals surface area contributed by atoms with Crippen LogP contribution in [-0.4, -0.2) is 35.4 Å². The standard InChI is InChI=1S/C25H22FN7O/c1-5-22(34)29-21-10-15(9-19(26)14(21)2)23-18-8-16(20-6-7-32(3)31-20)11-27-25(18)30-24(23)17-12-28-33(4)13-17/h5-13H,1H2,2-4H3,(H,27,30)(H,29,34). The van der Waals surface area contributed by atoms with Gasteiger partial charge in [0.2, 0.25) is 5.91 Å². The highest BCUT2D eigenvalue weighted by molar-refractivity contribution is 6.05. The third-order valence-corrected chi connectivity index (χ3v) is 5.73. The lowest BCUT2D eigenvalue weighted by molar-refractivity contribution is -0.111. The SMILES string of the molecule is C=CC(=O)Nc1cc(-c2c(-c3cnn(C)c3)[nH]c3ncc(-c4ccn(C)n4)cc23)cc(F)c1C. The molecule has 5 aromatic rings.